The third-order valence-electron chi connectivity index (χ3n) is 1.52. The molecule has 0 fully saturated rings. The smallest absolute Gasteiger partial charge is 0.204 e. The summed E-state index contributed by atoms with van der Waals surface area (Å²) >= 11 is 0. The highest BCUT2D eigenvalue weighted by molar-refractivity contribution is 6.00. The van der Waals surface area contributed by atoms with Crippen molar-refractivity contribution in [2.75, 3.05) is 6.61 Å². The second-order valence-corrected chi connectivity index (χ2v) is 2.20. The lowest BCUT2D eigenvalue weighted by Gasteiger charge is -2.03. The van der Waals surface area contributed by atoms with Gasteiger partial charge in [-0.05, 0) is 6.42 Å². The molecule has 0 radical (unpaired) electrons. The zero-order chi connectivity index (χ0) is 7.56. The molecule has 1 atom stereocenters. The van der Waals surface area contributed by atoms with Crippen LogP contribution in [0.2, 0.25) is 0 Å². The number of ketones is 1. The van der Waals surface area contributed by atoms with Crippen LogP contribution in [0.25, 0.3) is 0 Å². The number of carbonyl (C=O) groups excluding carboxylic acids is 1. The molecule has 0 spiro atoms. The summed E-state index contributed by atoms with van der Waals surface area (Å²) in [6.45, 7) is 1.66. The number of aliphatic hydroxyl groups is 1. The van der Waals surface area contributed by atoms with Gasteiger partial charge in [0.15, 0.2) is 6.10 Å². The summed E-state index contributed by atoms with van der Waals surface area (Å²) in [5.74, 6) is -0.0787. The Morgan fingerprint density at radius 1 is 1.80 bits per heavy atom. The van der Waals surface area contributed by atoms with Crippen molar-refractivity contribution >= 4 is 5.78 Å². The Hall–Kier alpha value is -0.830. The highest BCUT2D eigenvalue weighted by atomic mass is 16.5. The molecule has 0 saturated heterocycles. The van der Waals surface area contributed by atoms with Gasteiger partial charge in [0.25, 0.3) is 0 Å². The second kappa shape index (κ2) is 2.84. The minimum Gasteiger partial charge on any atom is -0.489 e. The molecule has 0 aromatic heterocycles. The molecule has 3 heteroatoms. The van der Waals surface area contributed by atoms with Gasteiger partial charge in [-0.15, -0.1) is 0 Å². The zero-order valence-electron chi connectivity index (χ0n) is 5.83. The van der Waals surface area contributed by atoms with Crippen molar-refractivity contribution in [1.29, 1.82) is 0 Å². The van der Waals surface area contributed by atoms with Gasteiger partial charge in [0, 0.05) is 0 Å². The summed E-state index contributed by atoms with van der Waals surface area (Å²) in [7, 11) is 0. The first-order valence-electron chi connectivity index (χ1n) is 3.29. The largest absolute Gasteiger partial charge is 0.489 e. The lowest BCUT2D eigenvalue weighted by Crippen LogP contribution is -2.17. The number of hydrogen-bond acceptors (Lipinski definition) is 3. The third kappa shape index (κ3) is 1.04. The Morgan fingerprint density at radius 2 is 2.50 bits per heavy atom. The molecule has 1 N–H and O–H groups in total. The maximum atomic E-state index is 11.0. The van der Waals surface area contributed by atoms with Crippen LogP contribution in [0.4, 0.5) is 0 Å². The fraction of sp³-hybridized carbons (Fsp3) is 0.571. The number of hydrogen-bond donors (Lipinski definition) is 1. The van der Waals surface area contributed by atoms with E-state index in [1.165, 1.54) is 6.26 Å². The predicted octanol–water partition coefficient (Wildman–Crippen LogP) is 0.240. The first-order chi connectivity index (χ1) is 4.79. The first-order valence-corrected chi connectivity index (χ1v) is 3.29. The van der Waals surface area contributed by atoms with Crippen LogP contribution in [0.1, 0.15) is 13.3 Å². The van der Waals surface area contributed by atoms with Crippen molar-refractivity contribution in [3.05, 3.63) is 11.8 Å². The van der Waals surface area contributed by atoms with E-state index < -0.39 is 0 Å². The van der Waals surface area contributed by atoms with Crippen LogP contribution in [-0.4, -0.2) is 23.6 Å². The third-order valence-corrected chi connectivity index (χ3v) is 1.52. The van der Waals surface area contributed by atoms with E-state index in [1.54, 1.807) is 0 Å². The van der Waals surface area contributed by atoms with Crippen molar-refractivity contribution < 1.29 is 14.6 Å². The SMILES string of the molecule is CCC1OC=C(CO)C1=O. The quantitative estimate of drug-likeness (QED) is 0.600. The number of rotatable bonds is 2. The Bertz CT molecular complexity index is 172. The molecule has 0 aliphatic carbocycles. The van der Waals surface area contributed by atoms with Crippen LogP contribution in [0.15, 0.2) is 11.8 Å². The van der Waals surface area contributed by atoms with Crippen LogP contribution < -0.4 is 0 Å². The number of ether oxygens (including phenoxy) is 1. The average molecular weight is 142 g/mol. The van der Waals surface area contributed by atoms with Crippen molar-refractivity contribution in [2.24, 2.45) is 0 Å². The minimum atomic E-state index is -0.345. The van der Waals surface area contributed by atoms with Gasteiger partial charge in [-0.3, -0.25) is 4.79 Å². The summed E-state index contributed by atoms with van der Waals surface area (Å²) in [6, 6.07) is 0. The lowest BCUT2D eigenvalue weighted by molar-refractivity contribution is -0.121. The Balaban J connectivity index is 2.60. The van der Waals surface area contributed by atoms with Gasteiger partial charge in [0.05, 0.1) is 18.4 Å². The van der Waals surface area contributed by atoms with Crippen molar-refractivity contribution in [3.63, 3.8) is 0 Å². The van der Waals surface area contributed by atoms with Crippen LogP contribution >= 0.6 is 0 Å². The van der Waals surface area contributed by atoms with E-state index in [4.69, 9.17) is 9.84 Å². The van der Waals surface area contributed by atoms with Gasteiger partial charge in [-0.25, -0.2) is 0 Å². The zero-order valence-corrected chi connectivity index (χ0v) is 5.83. The van der Waals surface area contributed by atoms with E-state index in [-0.39, 0.29) is 18.5 Å². The van der Waals surface area contributed by atoms with E-state index in [9.17, 15) is 4.79 Å². The van der Waals surface area contributed by atoms with E-state index in [0.29, 0.717) is 12.0 Å². The second-order valence-electron chi connectivity index (χ2n) is 2.20. The number of aliphatic hydroxyl groups excluding tert-OH is 1. The molecule has 1 unspecified atom stereocenters. The summed E-state index contributed by atoms with van der Waals surface area (Å²) in [5.41, 5.74) is 0.381. The summed E-state index contributed by atoms with van der Waals surface area (Å²) < 4.78 is 4.95. The topological polar surface area (TPSA) is 46.5 Å². The number of Topliss-reactive ketones (excluding diaryl/α,β-unsaturated/α-hetero) is 1. The summed E-state index contributed by atoms with van der Waals surface area (Å²) in [4.78, 5) is 11.0. The van der Waals surface area contributed by atoms with Gasteiger partial charge < -0.3 is 9.84 Å². The molecular formula is C7H10O3. The normalized spacial score (nSPS) is 24.4. The molecule has 0 saturated carbocycles. The summed E-state index contributed by atoms with van der Waals surface area (Å²) in [6.07, 6.45) is 1.66. The van der Waals surface area contributed by atoms with Gasteiger partial charge in [-0.1, -0.05) is 6.92 Å². The molecule has 10 heavy (non-hydrogen) atoms. The molecule has 0 aromatic carbocycles. The van der Waals surface area contributed by atoms with Crippen LogP contribution in [0.5, 0.6) is 0 Å². The van der Waals surface area contributed by atoms with Gasteiger partial charge in [0.2, 0.25) is 5.78 Å². The molecule has 3 nitrogen and oxygen atoms in total. The van der Waals surface area contributed by atoms with Crippen LogP contribution in [0, 0.1) is 0 Å². The Labute approximate surface area is 59.3 Å². The molecule has 0 aromatic rings. The fourth-order valence-corrected chi connectivity index (χ4v) is 0.888. The van der Waals surface area contributed by atoms with Crippen molar-refractivity contribution in [3.8, 4) is 0 Å². The van der Waals surface area contributed by atoms with Gasteiger partial charge in [0.1, 0.15) is 0 Å². The van der Waals surface area contributed by atoms with E-state index in [0.717, 1.165) is 0 Å². The van der Waals surface area contributed by atoms with E-state index in [2.05, 4.69) is 0 Å². The molecule has 56 valence electrons. The molecule has 1 rings (SSSR count). The molecule has 1 aliphatic heterocycles. The molecule has 0 amide bonds. The molecule has 1 aliphatic rings. The molecule has 1 heterocycles. The average Bonchev–Trinajstić information content (AvgIpc) is 2.30. The van der Waals surface area contributed by atoms with Crippen LogP contribution in [-0.2, 0) is 9.53 Å². The highest BCUT2D eigenvalue weighted by Gasteiger charge is 2.26. The molecule has 0 bridgehead atoms. The lowest BCUT2D eigenvalue weighted by atomic mass is 10.1. The van der Waals surface area contributed by atoms with Gasteiger partial charge >= 0.3 is 0 Å². The maximum absolute atomic E-state index is 11.0. The maximum Gasteiger partial charge on any atom is 0.204 e. The molecular weight excluding hydrogens is 132 g/mol. The number of carbonyl (C=O) groups is 1. The predicted molar refractivity (Wildman–Crippen MR) is 35.3 cm³/mol. The van der Waals surface area contributed by atoms with E-state index >= 15 is 0 Å². The fourth-order valence-electron chi connectivity index (χ4n) is 0.888. The monoisotopic (exact) mass is 142 g/mol. The van der Waals surface area contributed by atoms with Crippen molar-refractivity contribution in [1.82, 2.24) is 0 Å². The Kier molecular flexibility index (Phi) is 2.06. The van der Waals surface area contributed by atoms with Crippen molar-refractivity contribution in [2.45, 2.75) is 19.4 Å². The Morgan fingerprint density at radius 3 is 2.80 bits per heavy atom. The highest BCUT2D eigenvalue weighted by Crippen LogP contribution is 2.15. The first kappa shape index (κ1) is 7.28. The van der Waals surface area contributed by atoms with Gasteiger partial charge in [-0.2, -0.15) is 0 Å². The van der Waals surface area contributed by atoms with Crippen LogP contribution in [0.3, 0.4) is 0 Å². The standard InChI is InChI=1S/C7H10O3/c1-2-6-7(9)5(3-8)4-10-6/h4,6,8H,2-3H2,1H3. The summed E-state index contributed by atoms with van der Waals surface area (Å²) in [5, 5.41) is 8.58. The minimum absolute atomic E-state index is 0.0787. The van der Waals surface area contributed by atoms with E-state index in [1.807, 2.05) is 6.92 Å².